The third kappa shape index (κ3) is 2.38. The Morgan fingerprint density at radius 1 is 0.800 bits per heavy atom. The predicted molar refractivity (Wildman–Crippen MR) is 62.8 cm³/mol. The van der Waals surface area contributed by atoms with Crippen molar-refractivity contribution in [3.8, 4) is 11.1 Å². The molecule has 0 amide bonds. The highest BCUT2D eigenvalue weighted by atomic mass is 35.5. The molecule has 2 aromatic carbocycles. The first-order valence-corrected chi connectivity index (χ1v) is 5.13. The van der Waals surface area contributed by atoms with Crippen LogP contribution in [0.1, 0.15) is 5.56 Å². The van der Waals surface area contributed by atoms with E-state index >= 15 is 0 Å². The van der Waals surface area contributed by atoms with Gasteiger partial charge in [-0.2, -0.15) is 0 Å². The van der Waals surface area contributed by atoms with Crippen LogP contribution in [0.15, 0.2) is 48.5 Å². The van der Waals surface area contributed by atoms with E-state index in [0.29, 0.717) is 0 Å². The summed E-state index contributed by atoms with van der Waals surface area (Å²) in [6.45, 7) is 0.0842. The molecule has 0 aliphatic carbocycles. The first-order valence-electron chi connectivity index (χ1n) is 4.75. The van der Waals surface area contributed by atoms with Gasteiger partial charge >= 0.3 is 0 Å². The van der Waals surface area contributed by atoms with E-state index in [1.165, 1.54) is 0 Å². The highest BCUT2D eigenvalue weighted by Crippen LogP contribution is 2.21. The number of hydrogen-bond acceptors (Lipinski definition) is 1. The second-order valence-electron chi connectivity index (χ2n) is 3.36. The molecule has 0 atom stereocenters. The van der Waals surface area contributed by atoms with Crippen LogP contribution in [-0.2, 0) is 6.61 Å². The summed E-state index contributed by atoms with van der Waals surface area (Å²) in [7, 11) is 0. The minimum absolute atomic E-state index is 0.0842. The Morgan fingerprint density at radius 3 is 1.73 bits per heavy atom. The molecular weight excluding hydrogens is 208 g/mol. The van der Waals surface area contributed by atoms with Crippen molar-refractivity contribution in [2.75, 3.05) is 0 Å². The van der Waals surface area contributed by atoms with Crippen LogP contribution in [0.25, 0.3) is 11.1 Å². The van der Waals surface area contributed by atoms with Gasteiger partial charge in [0, 0.05) is 5.02 Å². The van der Waals surface area contributed by atoms with E-state index in [4.69, 9.17) is 16.7 Å². The number of rotatable bonds is 2. The molecular formula is C13H11ClO. The Kier molecular flexibility index (Phi) is 3.05. The molecule has 0 aromatic heterocycles. The molecule has 76 valence electrons. The van der Waals surface area contributed by atoms with Crippen LogP contribution in [0.5, 0.6) is 0 Å². The molecule has 2 heteroatoms. The minimum atomic E-state index is 0.0842. The van der Waals surface area contributed by atoms with E-state index in [1.54, 1.807) is 0 Å². The number of hydrogen-bond donors (Lipinski definition) is 1. The number of halogens is 1. The average molecular weight is 219 g/mol. The Hall–Kier alpha value is -1.31. The zero-order valence-electron chi connectivity index (χ0n) is 8.15. The van der Waals surface area contributed by atoms with Crippen LogP contribution < -0.4 is 0 Å². The normalized spacial score (nSPS) is 10.3. The van der Waals surface area contributed by atoms with Crippen molar-refractivity contribution in [3.63, 3.8) is 0 Å². The summed E-state index contributed by atoms with van der Waals surface area (Å²) in [5, 5.41) is 9.66. The molecule has 0 bridgehead atoms. The largest absolute Gasteiger partial charge is 0.392 e. The predicted octanol–water partition coefficient (Wildman–Crippen LogP) is 3.50. The fourth-order valence-electron chi connectivity index (χ4n) is 1.44. The molecule has 0 saturated heterocycles. The average Bonchev–Trinajstić information content (AvgIpc) is 2.30. The van der Waals surface area contributed by atoms with E-state index in [0.717, 1.165) is 21.7 Å². The lowest BCUT2D eigenvalue weighted by Gasteiger charge is -2.02. The summed E-state index contributed by atoms with van der Waals surface area (Å²) in [4.78, 5) is 0. The van der Waals surface area contributed by atoms with Gasteiger partial charge in [-0.25, -0.2) is 0 Å². The summed E-state index contributed by atoms with van der Waals surface area (Å²) in [6, 6.07) is 15.5. The molecule has 0 spiro atoms. The SMILES string of the molecule is OCc1ccc(-c2ccc(Cl)cc2)cc1. The molecule has 0 radical (unpaired) electrons. The lowest BCUT2D eigenvalue weighted by molar-refractivity contribution is 0.282. The van der Waals surface area contributed by atoms with E-state index in [-0.39, 0.29) is 6.61 Å². The molecule has 2 aromatic rings. The number of benzene rings is 2. The standard InChI is InChI=1S/C13H11ClO/c14-13-7-5-12(6-8-13)11-3-1-10(9-15)2-4-11/h1-8,15H,9H2. The summed E-state index contributed by atoms with van der Waals surface area (Å²) < 4.78 is 0. The van der Waals surface area contributed by atoms with Crippen molar-refractivity contribution in [1.29, 1.82) is 0 Å². The van der Waals surface area contributed by atoms with Crippen molar-refractivity contribution < 1.29 is 5.11 Å². The quantitative estimate of drug-likeness (QED) is 0.818. The van der Waals surface area contributed by atoms with Gasteiger partial charge in [-0.05, 0) is 28.8 Å². The molecule has 0 heterocycles. The lowest BCUT2D eigenvalue weighted by Crippen LogP contribution is -1.82. The Labute approximate surface area is 94.0 Å². The Balaban J connectivity index is 2.33. The van der Waals surface area contributed by atoms with Crippen LogP contribution in [0, 0.1) is 0 Å². The van der Waals surface area contributed by atoms with Crippen LogP contribution in [-0.4, -0.2) is 5.11 Å². The number of aliphatic hydroxyl groups is 1. The smallest absolute Gasteiger partial charge is 0.0681 e. The second kappa shape index (κ2) is 4.47. The topological polar surface area (TPSA) is 20.2 Å². The number of aliphatic hydroxyl groups excluding tert-OH is 1. The summed E-state index contributed by atoms with van der Waals surface area (Å²) in [5.41, 5.74) is 3.18. The molecule has 0 aliphatic rings. The maximum atomic E-state index is 8.92. The van der Waals surface area contributed by atoms with Crippen molar-refractivity contribution in [3.05, 3.63) is 59.1 Å². The van der Waals surface area contributed by atoms with Gasteiger partial charge in [-0.3, -0.25) is 0 Å². The molecule has 0 aliphatic heterocycles. The maximum absolute atomic E-state index is 8.92. The molecule has 1 N–H and O–H groups in total. The monoisotopic (exact) mass is 218 g/mol. The van der Waals surface area contributed by atoms with Crippen molar-refractivity contribution in [2.24, 2.45) is 0 Å². The van der Waals surface area contributed by atoms with E-state index in [9.17, 15) is 0 Å². The molecule has 15 heavy (non-hydrogen) atoms. The van der Waals surface area contributed by atoms with Gasteiger partial charge in [0.1, 0.15) is 0 Å². The van der Waals surface area contributed by atoms with Crippen molar-refractivity contribution in [1.82, 2.24) is 0 Å². The zero-order valence-corrected chi connectivity index (χ0v) is 8.91. The highest BCUT2D eigenvalue weighted by Gasteiger charge is 1.97. The fourth-order valence-corrected chi connectivity index (χ4v) is 1.57. The first-order chi connectivity index (χ1) is 7.29. The molecule has 0 saturated carbocycles. The zero-order chi connectivity index (χ0) is 10.7. The van der Waals surface area contributed by atoms with Crippen molar-refractivity contribution >= 4 is 11.6 Å². The first kappa shape index (κ1) is 10.2. The van der Waals surface area contributed by atoms with Crippen LogP contribution in [0.2, 0.25) is 5.02 Å². The third-order valence-electron chi connectivity index (χ3n) is 2.31. The molecule has 0 fully saturated rings. The Morgan fingerprint density at radius 2 is 1.27 bits per heavy atom. The molecule has 0 unspecified atom stereocenters. The van der Waals surface area contributed by atoms with Gasteiger partial charge in [-0.15, -0.1) is 0 Å². The third-order valence-corrected chi connectivity index (χ3v) is 2.57. The highest BCUT2D eigenvalue weighted by molar-refractivity contribution is 6.30. The summed E-state index contributed by atoms with van der Waals surface area (Å²) in [5.74, 6) is 0. The van der Waals surface area contributed by atoms with E-state index in [2.05, 4.69) is 0 Å². The minimum Gasteiger partial charge on any atom is -0.392 e. The van der Waals surface area contributed by atoms with Gasteiger partial charge < -0.3 is 5.11 Å². The maximum Gasteiger partial charge on any atom is 0.0681 e. The fraction of sp³-hybridized carbons (Fsp3) is 0.0769. The van der Waals surface area contributed by atoms with Crippen LogP contribution in [0.4, 0.5) is 0 Å². The Bertz CT molecular complexity index is 431. The second-order valence-corrected chi connectivity index (χ2v) is 3.80. The summed E-state index contributed by atoms with van der Waals surface area (Å²) >= 11 is 5.81. The van der Waals surface area contributed by atoms with E-state index in [1.807, 2.05) is 48.5 Å². The lowest BCUT2D eigenvalue weighted by atomic mass is 10.0. The van der Waals surface area contributed by atoms with E-state index < -0.39 is 0 Å². The van der Waals surface area contributed by atoms with Gasteiger partial charge in [0.25, 0.3) is 0 Å². The van der Waals surface area contributed by atoms with Crippen LogP contribution in [0.3, 0.4) is 0 Å². The van der Waals surface area contributed by atoms with Gasteiger partial charge in [-0.1, -0.05) is 48.0 Å². The van der Waals surface area contributed by atoms with Crippen molar-refractivity contribution in [2.45, 2.75) is 6.61 Å². The van der Waals surface area contributed by atoms with Gasteiger partial charge in [0.05, 0.1) is 6.61 Å². The summed E-state index contributed by atoms with van der Waals surface area (Å²) in [6.07, 6.45) is 0. The van der Waals surface area contributed by atoms with Gasteiger partial charge in [0.2, 0.25) is 0 Å². The molecule has 2 rings (SSSR count). The molecule has 1 nitrogen and oxygen atoms in total. The van der Waals surface area contributed by atoms with Crippen LogP contribution >= 0.6 is 11.6 Å². The van der Waals surface area contributed by atoms with Gasteiger partial charge in [0.15, 0.2) is 0 Å².